The standard InChI is InChI=1S/C14H16ClN3/c1-9-11-4-2-3-5-12(11)17-13(14(9)15)8-18-6-10(16)7-18/h2-5,10H,6-8,16H2,1H3. The molecule has 3 rings (SSSR count). The van der Waals surface area contributed by atoms with Crippen molar-refractivity contribution >= 4 is 22.5 Å². The number of fused-ring (bicyclic) bond motifs is 1. The van der Waals surface area contributed by atoms with Crippen LogP contribution < -0.4 is 5.73 Å². The van der Waals surface area contributed by atoms with Crippen molar-refractivity contribution in [1.29, 1.82) is 0 Å². The van der Waals surface area contributed by atoms with Gasteiger partial charge in [0.25, 0.3) is 0 Å². The number of aromatic nitrogens is 1. The number of benzene rings is 1. The molecule has 1 aliphatic heterocycles. The average molecular weight is 262 g/mol. The molecule has 2 aromatic rings. The highest BCUT2D eigenvalue weighted by atomic mass is 35.5. The Hall–Kier alpha value is -1.16. The lowest BCUT2D eigenvalue weighted by Gasteiger charge is -2.36. The van der Waals surface area contributed by atoms with E-state index in [-0.39, 0.29) is 0 Å². The van der Waals surface area contributed by atoms with Gasteiger partial charge in [0.2, 0.25) is 0 Å². The number of rotatable bonds is 2. The molecule has 0 unspecified atom stereocenters. The molecule has 0 atom stereocenters. The molecule has 0 amide bonds. The third-order valence-corrected chi connectivity index (χ3v) is 4.01. The highest BCUT2D eigenvalue weighted by molar-refractivity contribution is 6.32. The van der Waals surface area contributed by atoms with Crippen molar-refractivity contribution in [3.63, 3.8) is 0 Å². The minimum atomic E-state index is 0.310. The van der Waals surface area contributed by atoms with Gasteiger partial charge in [0, 0.05) is 31.1 Å². The van der Waals surface area contributed by atoms with Gasteiger partial charge in [-0.15, -0.1) is 0 Å². The molecule has 94 valence electrons. The largest absolute Gasteiger partial charge is 0.325 e. The number of aryl methyl sites for hydroxylation is 1. The molecule has 0 aliphatic carbocycles. The van der Waals surface area contributed by atoms with Crippen molar-refractivity contribution in [2.45, 2.75) is 19.5 Å². The molecule has 3 nitrogen and oxygen atoms in total. The Morgan fingerprint density at radius 2 is 2.11 bits per heavy atom. The monoisotopic (exact) mass is 261 g/mol. The predicted molar refractivity (Wildman–Crippen MR) is 74.7 cm³/mol. The van der Waals surface area contributed by atoms with Crippen LogP contribution in [0, 0.1) is 6.92 Å². The maximum Gasteiger partial charge on any atom is 0.0740 e. The Morgan fingerprint density at radius 1 is 1.39 bits per heavy atom. The van der Waals surface area contributed by atoms with Crippen LogP contribution in [-0.2, 0) is 6.54 Å². The predicted octanol–water partition coefficient (Wildman–Crippen LogP) is 2.34. The summed E-state index contributed by atoms with van der Waals surface area (Å²) in [4.78, 5) is 6.94. The summed E-state index contributed by atoms with van der Waals surface area (Å²) in [6.07, 6.45) is 0. The molecule has 0 bridgehead atoms. The van der Waals surface area contributed by atoms with E-state index in [1.54, 1.807) is 0 Å². The molecule has 0 spiro atoms. The summed E-state index contributed by atoms with van der Waals surface area (Å²) in [6.45, 7) is 4.71. The number of pyridine rings is 1. The summed E-state index contributed by atoms with van der Waals surface area (Å²) in [7, 11) is 0. The molecule has 0 saturated carbocycles. The molecule has 0 radical (unpaired) electrons. The van der Waals surface area contributed by atoms with Crippen molar-refractivity contribution in [3.05, 3.63) is 40.5 Å². The molecule has 1 aliphatic rings. The number of hydrogen-bond donors (Lipinski definition) is 1. The van der Waals surface area contributed by atoms with Crippen LogP contribution in [-0.4, -0.2) is 29.0 Å². The van der Waals surface area contributed by atoms with E-state index in [2.05, 4.69) is 22.9 Å². The zero-order valence-corrected chi connectivity index (χ0v) is 11.1. The molecule has 1 saturated heterocycles. The maximum absolute atomic E-state index is 6.41. The summed E-state index contributed by atoms with van der Waals surface area (Å²) < 4.78 is 0. The lowest BCUT2D eigenvalue weighted by molar-refractivity contribution is 0.141. The Balaban J connectivity index is 1.99. The Kier molecular flexibility index (Phi) is 2.98. The molecule has 1 fully saturated rings. The van der Waals surface area contributed by atoms with Crippen molar-refractivity contribution in [2.75, 3.05) is 13.1 Å². The van der Waals surface area contributed by atoms with Gasteiger partial charge in [-0.3, -0.25) is 4.90 Å². The normalized spacial score (nSPS) is 17.1. The Labute approximate surface area is 112 Å². The van der Waals surface area contributed by atoms with E-state index < -0.39 is 0 Å². The smallest absolute Gasteiger partial charge is 0.0740 e. The fourth-order valence-corrected chi connectivity index (χ4v) is 2.68. The molecular formula is C14H16ClN3. The Bertz CT molecular complexity index is 591. The molecule has 4 heteroatoms. The van der Waals surface area contributed by atoms with E-state index in [0.717, 1.165) is 46.8 Å². The zero-order valence-electron chi connectivity index (χ0n) is 10.4. The SMILES string of the molecule is Cc1c(Cl)c(CN2CC(N)C2)nc2ccccc12. The number of nitrogens with zero attached hydrogens (tertiary/aromatic N) is 2. The number of likely N-dealkylation sites (tertiary alicyclic amines) is 1. The average Bonchev–Trinajstić information content (AvgIpc) is 2.33. The van der Waals surface area contributed by atoms with Crippen LogP contribution in [0.5, 0.6) is 0 Å². The molecule has 1 aromatic carbocycles. The van der Waals surface area contributed by atoms with Crippen LogP contribution in [0.3, 0.4) is 0 Å². The quantitative estimate of drug-likeness (QED) is 0.902. The fraction of sp³-hybridized carbons (Fsp3) is 0.357. The van der Waals surface area contributed by atoms with E-state index in [9.17, 15) is 0 Å². The second kappa shape index (κ2) is 4.50. The first-order chi connectivity index (χ1) is 8.65. The molecular weight excluding hydrogens is 246 g/mol. The summed E-state index contributed by atoms with van der Waals surface area (Å²) in [5.41, 5.74) is 8.87. The van der Waals surface area contributed by atoms with Gasteiger partial charge in [0.15, 0.2) is 0 Å². The minimum absolute atomic E-state index is 0.310. The highest BCUT2D eigenvalue weighted by Crippen LogP contribution is 2.28. The van der Waals surface area contributed by atoms with Crippen molar-refractivity contribution in [3.8, 4) is 0 Å². The second-order valence-electron chi connectivity index (χ2n) is 4.97. The number of para-hydroxylation sites is 1. The van der Waals surface area contributed by atoms with Gasteiger partial charge in [0.05, 0.1) is 16.2 Å². The third-order valence-electron chi connectivity index (χ3n) is 3.50. The minimum Gasteiger partial charge on any atom is -0.325 e. The molecule has 2 N–H and O–H groups in total. The summed E-state index contributed by atoms with van der Waals surface area (Å²) in [5.74, 6) is 0. The summed E-state index contributed by atoms with van der Waals surface area (Å²) in [5, 5.41) is 1.92. The molecule has 1 aromatic heterocycles. The van der Waals surface area contributed by atoms with Crippen LogP contribution in [0.2, 0.25) is 5.02 Å². The first-order valence-electron chi connectivity index (χ1n) is 6.17. The van der Waals surface area contributed by atoms with Gasteiger partial charge in [-0.05, 0) is 18.6 Å². The van der Waals surface area contributed by atoms with Crippen LogP contribution in [0.4, 0.5) is 0 Å². The van der Waals surface area contributed by atoms with Gasteiger partial charge in [-0.1, -0.05) is 29.8 Å². The van der Waals surface area contributed by atoms with Gasteiger partial charge in [-0.2, -0.15) is 0 Å². The van der Waals surface area contributed by atoms with Crippen LogP contribution in [0.15, 0.2) is 24.3 Å². The lowest BCUT2D eigenvalue weighted by atomic mass is 10.1. The van der Waals surface area contributed by atoms with E-state index in [4.69, 9.17) is 17.3 Å². The van der Waals surface area contributed by atoms with Crippen LogP contribution in [0.25, 0.3) is 10.9 Å². The zero-order chi connectivity index (χ0) is 12.7. The van der Waals surface area contributed by atoms with Crippen molar-refractivity contribution in [2.24, 2.45) is 5.73 Å². The van der Waals surface area contributed by atoms with E-state index >= 15 is 0 Å². The molecule has 2 heterocycles. The number of halogens is 1. The van der Waals surface area contributed by atoms with Gasteiger partial charge < -0.3 is 5.73 Å². The van der Waals surface area contributed by atoms with Crippen molar-refractivity contribution in [1.82, 2.24) is 9.88 Å². The highest BCUT2D eigenvalue weighted by Gasteiger charge is 2.24. The topological polar surface area (TPSA) is 42.1 Å². The van der Waals surface area contributed by atoms with Crippen molar-refractivity contribution < 1.29 is 0 Å². The Morgan fingerprint density at radius 3 is 2.83 bits per heavy atom. The lowest BCUT2D eigenvalue weighted by Crippen LogP contribution is -2.55. The second-order valence-corrected chi connectivity index (χ2v) is 5.35. The fourth-order valence-electron chi connectivity index (χ4n) is 2.47. The summed E-state index contributed by atoms with van der Waals surface area (Å²) >= 11 is 6.41. The number of nitrogens with two attached hydrogens (primary N) is 1. The van der Waals surface area contributed by atoms with Gasteiger partial charge >= 0.3 is 0 Å². The van der Waals surface area contributed by atoms with Crippen LogP contribution >= 0.6 is 11.6 Å². The number of hydrogen-bond acceptors (Lipinski definition) is 3. The van der Waals surface area contributed by atoms with E-state index in [1.165, 1.54) is 0 Å². The van der Waals surface area contributed by atoms with E-state index in [1.807, 2.05) is 18.2 Å². The third kappa shape index (κ3) is 1.99. The van der Waals surface area contributed by atoms with Gasteiger partial charge in [-0.25, -0.2) is 4.98 Å². The summed E-state index contributed by atoms with van der Waals surface area (Å²) in [6, 6.07) is 8.43. The van der Waals surface area contributed by atoms with Crippen LogP contribution in [0.1, 0.15) is 11.3 Å². The van der Waals surface area contributed by atoms with Gasteiger partial charge in [0.1, 0.15) is 0 Å². The van der Waals surface area contributed by atoms with E-state index in [0.29, 0.717) is 6.04 Å². The molecule has 18 heavy (non-hydrogen) atoms. The first kappa shape index (κ1) is 11.9. The maximum atomic E-state index is 6.41. The first-order valence-corrected chi connectivity index (χ1v) is 6.54.